The van der Waals surface area contributed by atoms with E-state index in [4.69, 9.17) is 0 Å². The number of aryl methyl sites for hydroxylation is 1. The van der Waals surface area contributed by atoms with Crippen LogP contribution in [0.15, 0.2) is 42.7 Å². The third kappa shape index (κ3) is 3.32. The molecule has 1 aliphatic heterocycles. The van der Waals surface area contributed by atoms with Crippen LogP contribution in [0.3, 0.4) is 0 Å². The van der Waals surface area contributed by atoms with Crippen molar-refractivity contribution in [1.29, 1.82) is 0 Å². The molecule has 1 aromatic carbocycles. The van der Waals surface area contributed by atoms with Crippen LogP contribution in [0.5, 0.6) is 0 Å². The van der Waals surface area contributed by atoms with Crippen LogP contribution in [-0.2, 0) is 13.0 Å². The minimum atomic E-state index is 0.0426. The van der Waals surface area contributed by atoms with Gasteiger partial charge in [-0.2, -0.15) is 0 Å². The number of rotatable bonds is 2. The fourth-order valence-electron chi connectivity index (χ4n) is 4.15. The Hall–Kier alpha value is -2.39. The third-order valence-corrected chi connectivity index (χ3v) is 5.59. The molecule has 0 atom stereocenters. The predicted molar refractivity (Wildman–Crippen MR) is 115 cm³/mol. The van der Waals surface area contributed by atoms with Crippen molar-refractivity contribution in [1.82, 2.24) is 14.5 Å². The Bertz CT molecular complexity index is 1000. The molecule has 0 fully saturated rings. The van der Waals surface area contributed by atoms with Gasteiger partial charge in [0.2, 0.25) is 0 Å². The number of nitrogens with zero attached hydrogens (tertiary/aromatic N) is 3. The number of fused-ring (bicyclic) bond motifs is 3. The highest BCUT2D eigenvalue weighted by Gasteiger charge is 2.24. The number of pyridine rings is 1. The first-order chi connectivity index (χ1) is 12.8. The van der Waals surface area contributed by atoms with E-state index in [1.54, 1.807) is 0 Å². The van der Waals surface area contributed by atoms with Crippen LogP contribution in [0.4, 0.5) is 0 Å². The van der Waals surface area contributed by atoms with E-state index in [2.05, 4.69) is 85.7 Å². The van der Waals surface area contributed by atoms with Gasteiger partial charge in [-0.1, -0.05) is 32.4 Å². The van der Waals surface area contributed by atoms with Crippen LogP contribution >= 0.6 is 0 Å². The van der Waals surface area contributed by atoms with Gasteiger partial charge in [0.05, 0.1) is 5.52 Å². The van der Waals surface area contributed by atoms with E-state index >= 15 is 0 Å². The molecule has 0 saturated carbocycles. The van der Waals surface area contributed by atoms with Gasteiger partial charge >= 0.3 is 0 Å². The van der Waals surface area contributed by atoms with E-state index < -0.39 is 0 Å². The fourth-order valence-corrected chi connectivity index (χ4v) is 4.15. The molecule has 0 radical (unpaired) electrons. The van der Waals surface area contributed by atoms with E-state index in [1.165, 1.54) is 38.9 Å². The molecule has 3 nitrogen and oxygen atoms in total. The Morgan fingerprint density at radius 1 is 1.11 bits per heavy atom. The largest absolute Gasteiger partial charge is 0.320 e. The first-order valence-corrected chi connectivity index (χ1v) is 9.78. The molecule has 0 unspecified atom stereocenters. The summed E-state index contributed by atoms with van der Waals surface area (Å²) in [6.07, 6.45) is 7.23. The van der Waals surface area contributed by atoms with E-state index in [9.17, 15) is 0 Å². The summed E-state index contributed by atoms with van der Waals surface area (Å²) in [7, 11) is 2.22. The second-order valence-electron chi connectivity index (χ2n) is 8.83. The lowest BCUT2D eigenvalue weighted by molar-refractivity contribution is 0.312. The van der Waals surface area contributed by atoms with Crippen LogP contribution in [0.2, 0.25) is 0 Å². The summed E-state index contributed by atoms with van der Waals surface area (Å²) in [5.74, 6) is 0. The van der Waals surface area contributed by atoms with Crippen LogP contribution in [-0.4, -0.2) is 28.0 Å². The van der Waals surface area contributed by atoms with Crippen molar-refractivity contribution in [2.75, 3.05) is 13.6 Å². The summed E-state index contributed by atoms with van der Waals surface area (Å²) in [6.45, 7) is 11.2. The molecule has 0 saturated heterocycles. The summed E-state index contributed by atoms with van der Waals surface area (Å²) in [4.78, 5) is 6.63. The zero-order chi connectivity index (χ0) is 19.2. The first kappa shape index (κ1) is 18.0. The number of hydrogen-bond acceptors (Lipinski definition) is 2. The summed E-state index contributed by atoms with van der Waals surface area (Å²) in [5.41, 5.74) is 8.21. The molecule has 27 heavy (non-hydrogen) atoms. The number of hydrogen-bond donors (Lipinski definition) is 0. The molecule has 3 heterocycles. The van der Waals surface area contributed by atoms with Crippen molar-refractivity contribution in [3.05, 3.63) is 65.1 Å². The monoisotopic (exact) mass is 359 g/mol. The number of allylic oxidation sites excluding steroid dienone is 1. The van der Waals surface area contributed by atoms with Crippen molar-refractivity contribution in [3.63, 3.8) is 0 Å². The lowest BCUT2D eigenvalue weighted by Gasteiger charge is -2.26. The molecule has 0 spiro atoms. The molecule has 1 aliphatic rings. The quantitative estimate of drug-likeness (QED) is 0.613. The smallest absolute Gasteiger partial charge is 0.0529 e. The molecule has 0 amide bonds. The van der Waals surface area contributed by atoms with Crippen molar-refractivity contribution in [2.45, 2.75) is 40.7 Å². The molecule has 0 bridgehead atoms. The summed E-state index contributed by atoms with van der Waals surface area (Å²) in [6, 6.07) is 11.1. The SMILES string of the molecule is Cc1ccc2c(c1)c1c(n2/C=C(\c2ccncc2)C(C)(C)C)CCN(C)C1. The topological polar surface area (TPSA) is 21.1 Å². The van der Waals surface area contributed by atoms with Gasteiger partial charge in [0.15, 0.2) is 0 Å². The average molecular weight is 360 g/mol. The van der Waals surface area contributed by atoms with Gasteiger partial charge in [-0.15, -0.1) is 0 Å². The van der Waals surface area contributed by atoms with Gasteiger partial charge in [-0.25, -0.2) is 0 Å². The molecule has 140 valence electrons. The van der Waals surface area contributed by atoms with E-state index in [-0.39, 0.29) is 5.41 Å². The highest BCUT2D eigenvalue weighted by atomic mass is 15.1. The van der Waals surface area contributed by atoms with Gasteiger partial charge in [-0.3, -0.25) is 4.98 Å². The Kier molecular flexibility index (Phi) is 4.43. The lowest BCUT2D eigenvalue weighted by atomic mass is 9.83. The summed E-state index contributed by atoms with van der Waals surface area (Å²) in [5, 5.41) is 1.40. The fraction of sp³-hybridized carbons (Fsp3) is 0.375. The second kappa shape index (κ2) is 6.65. The molecule has 3 heteroatoms. The molecule has 0 aliphatic carbocycles. The predicted octanol–water partition coefficient (Wildman–Crippen LogP) is 5.38. The normalized spacial score (nSPS) is 16.0. The highest BCUT2D eigenvalue weighted by molar-refractivity contribution is 5.91. The molecule has 4 rings (SSSR count). The van der Waals surface area contributed by atoms with Gasteiger partial charge in [0.1, 0.15) is 0 Å². The van der Waals surface area contributed by atoms with Crippen LogP contribution < -0.4 is 0 Å². The van der Waals surface area contributed by atoms with Gasteiger partial charge in [-0.05, 0) is 60.4 Å². The zero-order valence-corrected chi connectivity index (χ0v) is 17.1. The van der Waals surface area contributed by atoms with E-state index in [1.807, 2.05) is 12.4 Å². The zero-order valence-electron chi connectivity index (χ0n) is 17.1. The van der Waals surface area contributed by atoms with Crippen molar-refractivity contribution in [2.24, 2.45) is 5.41 Å². The molecule has 0 N–H and O–H groups in total. The van der Waals surface area contributed by atoms with Crippen LogP contribution in [0.25, 0.3) is 22.7 Å². The van der Waals surface area contributed by atoms with Crippen molar-refractivity contribution < 1.29 is 0 Å². The van der Waals surface area contributed by atoms with Crippen molar-refractivity contribution >= 4 is 22.7 Å². The Balaban J connectivity index is 1.99. The number of benzene rings is 1. The van der Waals surface area contributed by atoms with Crippen LogP contribution in [0.1, 0.15) is 43.2 Å². The summed E-state index contributed by atoms with van der Waals surface area (Å²) < 4.78 is 2.46. The number of aromatic nitrogens is 2. The lowest BCUT2D eigenvalue weighted by Crippen LogP contribution is -2.27. The highest BCUT2D eigenvalue weighted by Crippen LogP contribution is 2.37. The van der Waals surface area contributed by atoms with Gasteiger partial charge < -0.3 is 9.47 Å². The molecule has 3 aromatic rings. The Morgan fingerprint density at radius 2 is 1.85 bits per heavy atom. The molecular formula is C24H29N3. The maximum atomic E-state index is 4.21. The first-order valence-electron chi connectivity index (χ1n) is 9.78. The maximum Gasteiger partial charge on any atom is 0.0529 e. The van der Waals surface area contributed by atoms with E-state index in [0.29, 0.717) is 0 Å². The summed E-state index contributed by atoms with van der Waals surface area (Å²) >= 11 is 0. The van der Waals surface area contributed by atoms with Gasteiger partial charge in [0, 0.05) is 49.2 Å². The Morgan fingerprint density at radius 3 is 2.56 bits per heavy atom. The van der Waals surface area contributed by atoms with Gasteiger partial charge in [0.25, 0.3) is 0 Å². The Labute approximate surface area is 162 Å². The van der Waals surface area contributed by atoms with Crippen LogP contribution in [0, 0.1) is 12.3 Å². The van der Waals surface area contributed by atoms with E-state index in [0.717, 1.165) is 19.5 Å². The third-order valence-electron chi connectivity index (χ3n) is 5.59. The van der Waals surface area contributed by atoms with Crippen molar-refractivity contribution in [3.8, 4) is 0 Å². The maximum absolute atomic E-state index is 4.21. The standard InChI is InChI=1S/C24H29N3/c1-17-6-7-22-19(14-17)20-15-26(5)13-10-23(20)27(22)16-21(24(2,3)4)18-8-11-25-12-9-18/h6-9,11-12,14,16H,10,13,15H2,1-5H3/b21-16+. The number of likely N-dealkylation sites (N-methyl/N-ethyl adjacent to an activating group) is 1. The second-order valence-corrected chi connectivity index (χ2v) is 8.83. The average Bonchev–Trinajstić information content (AvgIpc) is 2.91. The minimum Gasteiger partial charge on any atom is -0.320 e. The molecule has 2 aromatic heterocycles. The molecular weight excluding hydrogens is 330 g/mol. The minimum absolute atomic E-state index is 0.0426.